The van der Waals surface area contributed by atoms with E-state index in [-0.39, 0.29) is 17.7 Å². The van der Waals surface area contributed by atoms with E-state index in [1.165, 1.54) is 5.56 Å². The van der Waals surface area contributed by atoms with E-state index in [1.807, 2.05) is 12.1 Å². The summed E-state index contributed by atoms with van der Waals surface area (Å²) < 4.78 is 0. The van der Waals surface area contributed by atoms with Crippen LogP contribution in [0.2, 0.25) is 0 Å². The van der Waals surface area contributed by atoms with E-state index >= 15 is 0 Å². The number of aromatic nitrogens is 2. The third kappa shape index (κ3) is 4.36. The number of hydrazine groups is 1. The smallest absolute Gasteiger partial charge is 0.269 e. The molecule has 1 aromatic heterocycles. The highest BCUT2D eigenvalue weighted by molar-refractivity contribution is 5.95. The molecule has 1 saturated heterocycles. The Morgan fingerprint density at radius 3 is 2.46 bits per heavy atom. The molecular formula is C19H23N5O2. The maximum absolute atomic E-state index is 12.3. The van der Waals surface area contributed by atoms with Crippen LogP contribution < -0.4 is 15.8 Å². The van der Waals surface area contributed by atoms with Crippen molar-refractivity contribution in [2.24, 2.45) is 5.92 Å². The fourth-order valence-corrected chi connectivity index (χ4v) is 3.01. The molecule has 1 aromatic carbocycles. The predicted molar refractivity (Wildman–Crippen MR) is 98.4 cm³/mol. The van der Waals surface area contributed by atoms with Crippen molar-refractivity contribution in [3.05, 3.63) is 54.0 Å². The molecule has 7 heteroatoms. The van der Waals surface area contributed by atoms with Crippen LogP contribution in [0, 0.1) is 5.92 Å². The van der Waals surface area contributed by atoms with E-state index in [9.17, 15) is 9.59 Å². The van der Waals surface area contributed by atoms with Crippen LogP contribution in [0.15, 0.2) is 42.9 Å². The Hall–Kier alpha value is -2.96. The molecule has 1 aliphatic rings. The summed E-state index contributed by atoms with van der Waals surface area (Å²) in [4.78, 5) is 34.9. The molecule has 26 heavy (non-hydrogen) atoms. The van der Waals surface area contributed by atoms with Crippen LogP contribution in [-0.2, 0) is 11.2 Å². The number of carbonyl (C=O) groups excluding carboxylic acids is 2. The van der Waals surface area contributed by atoms with Gasteiger partial charge in [-0.15, -0.1) is 0 Å². The van der Waals surface area contributed by atoms with Crippen LogP contribution >= 0.6 is 0 Å². The number of benzene rings is 1. The molecule has 1 fully saturated rings. The summed E-state index contributed by atoms with van der Waals surface area (Å²) in [6, 6.07) is 7.36. The first-order valence-corrected chi connectivity index (χ1v) is 8.87. The van der Waals surface area contributed by atoms with Gasteiger partial charge in [-0.2, -0.15) is 0 Å². The molecule has 0 aliphatic carbocycles. The van der Waals surface area contributed by atoms with Gasteiger partial charge in [-0.3, -0.25) is 25.4 Å². The lowest BCUT2D eigenvalue weighted by Gasteiger charge is -2.31. The zero-order valence-corrected chi connectivity index (χ0v) is 14.8. The number of piperidine rings is 1. The van der Waals surface area contributed by atoms with Crippen molar-refractivity contribution in [2.75, 3.05) is 18.0 Å². The van der Waals surface area contributed by atoms with Gasteiger partial charge in [0.1, 0.15) is 5.82 Å². The van der Waals surface area contributed by atoms with Crippen LogP contribution in [0.1, 0.15) is 35.7 Å². The second-order valence-corrected chi connectivity index (χ2v) is 6.32. The van der Waals surface area contributed by atoms with Gasteiger partial charge >= 0.3 is 0 Å². The number of hydrogen-bond acceptors (Lipinski definition) is 5. The van der Waals surface area contributed by atoms with Gasteiger partial charge in [0.05, 0.1) is 6.20 Å². The normalized spacial score (nSPS) is 14.7. The first kappa shape index (κ1) is 17.8. The standard InChI is InChI=1S/C19H23N5O2/c1-2-14-3-5-15(6-4-14)18(25)22-23-19(26)16-7-11-24(12-8-16)17-13-20-9-10-21-17/h3-6,9-10,13,16H,2,7-8,11-12H2,1H3,(H,22,25)(H,23,26). The van der Waals surface area contributed by atoms with Crippen molar-refractivity contribution >= 4 is 17.6 Å². The molecule has 0 unspecified atom stereocenters. The Labute approximate surface area is 152 Å². The van der Waals surface area contributed by atoms with Gasteiger partial charge < -0.3 is 4.90 Å². The van der Waals surface area contributed by atoms with Crippen LogP contribution in [0.5, 0.6) is 0 Å². The lowest BCUT2D eigenvalue weighted by Crippen LogP contribution is -2.47. The maximum atomic E-state index is 12.3. The van der Waals surface area contributed by atoms with Crippen molar-refractivity contribution in [1.82, 2.24) is 20.8 Å². The molecule has 0 atom stereocenters. The molecule has 0 radical (unpaired) electrons. The molecule has 1 aliphatic heterocycles. The minimum absolute atomic E-state index is 0.120. The Balaban J connectivity index is 1.46. The molecule has 0 bridgehead atoms. The molecule has 2 amide bonds. The lowest BCUT2D eigenvalue weighted by atomic mass is 9.96. The number of carbonyl (C=O) groups is 2. The zero-order valence-electron chi connectivity index (χ0n) is 14.8. The number of aryl methyl sites for hydroxylation is 1. The zero-order chi connectivity index (χ0) is 18.4. The van der Waals surface area contributed by atoms with E-state index in [1.54, 1.807) is 30.7 Å². The average molecular weight is 353 g/mol. The highest BCUT2D eigenvalue weighted by Gasteiger charge is 2.26. The molecule has 3 rings (SSSR count). The predicted octanol–water partition coefficient (Wildman–Crippen LogP) is 1.72. The Morgan fingerprint density at radius 2 is 1.85 bits per heavy atom. The number of anilines is 1. The third-order valence-electron chi connectivity index (χ3n) is 4.66. The van der Waals surface area contributed by atoms with Crippen molar-refractivity contribution in [3.8, 4) is 0 Å². The van der Waals surface area contributed by atoms with Gasteiger partial charge in [0.25, 0.3) is 5.91 Å². The van der Waals surface area contributed by atoms with E-state index in [4.69, 9.17) is 0 Å². The number of nitrogens with one attached hydrogen (secondary N) is 2. The Morgan fingerprint density at radius 1 is 1.12 bits per heavy atom. The monoisotopic (exact) mass is 353 g/mol. The van der Waals surface area contributed by atoms with Crippen LogP contribution in [0.3, 0.4) is 0 Å². The van der Waals surface area contributed by atoms with Crippen molar-refractivity contribution < 1.29 is 9.59 Å². The second-order valence-electron chi connectivity index (χ2n) is 6.32. The minimum Gasteiger partial charge on any atom is -0.355 e. The van der Waals surface area contributed by atoms with Gasteiger partial charge in [-0.05, 0) is 37.0 Å². The van der Waals surface area contributed by atoms with Crippen molar-refractivity contribution in [3.63, 3.8) is 0 Å². The van der Waals surface area contributed by atoms with Crippen LogP contribution in [0.4, 0.5) is 5.82 Å². The summed E-state index contributed by atoms with van der Waals surface area (Å²) in [6.07, 6.45) is 7.38. The first-order valence-electron chi connectivity index (χ1n) is 8.87. The lowest BCUT2D eigenvalue weighted by molar-refractivity contribution is -0.126. The summed E-state index contributed by atoms with van der Waals surface area (Å²) in [5, 5.41) is 0. The van der Waals surface area contributed by atoms with E-state index in [0.29, 0.717) is 18.4 Å². The third-order valence-corrected chi connectivity index (χ3v) is 4.66. The Bertz CT molecular complexity index is 740. The first-order chi connectivity index (χ1) is 12.7. The van der Waals surface area contributed by atoms with Crippen molar-refractivity contribution in [1.29, 1.82) is 0 Å². The molecular weight excluding hydrogens is 330 g/mol. The van der Waals surface area contributed by atoms with Gasteiger partial charge in [-0.1, -0.05) is 19.1 Å². The average Bonchev–Trinajstić information content (AvgIpc) is 2.72. The van der Waals surface area contributed by atoms with E-state index in [2.05, 4.69) is 32.6 Å². The summed E-state index contributed by atoms with van der Waals surface area (Å²) in [7, 11) is 0. The molecule has 2 N–H and O–H groups in total. The van der Waals surface area contributed by atoms with Gasteiger partial charge in [-0.25, -0.2) is 4.98 Å². The maximum Gasteiger partial charge on any atom is 0.269 e. The second kappa shape index (κ2) is 8.42. The highest BCUT2D eigenvalue weighted by Crippen LogP contribution is 2.21. The quantitative estimate of drug-likeness (QED) is 0.817. The molecule has 0 spiro atoms. The summed E-state index contributed by atoms with van der Waals surface area (Å²) in [6.45, 7) is 3.54. The Kier molecular flexibility index (Phi) is 5.78. The van der Waals surface area contributed by atoms with Gasteiger partial charge in [0, 0.05) is 37.0 Å². The molecule has 0 saturated carbocycles. The van der Waals surface area contributed by atoms with Crippen molar-refractivity contribution in [2.45, 2.75) is 26.2 Å². The topological polar surface area (TPSA) is 87.2 Å². The summed E-state index contributed by atoms with van der Waals surface area (Å²) in [5.41, 5.74) is 6.75. The summed E-state index contributed by atoms with van der Waals surface area (Å²) in [5.74, 6) is 0.251. The van der Waals surface area contributed by atoms with E-state index in [0.717, 1.165) is 25.3 Å². The number of nitrogens with zero attached hydrogens (tertiary/aromatic N) is 3. The summed E-state index contributed by atoms with van der Waals surface area (Å²) >= 11 is 0. The highest BCUT2D eigenvalue weighted by atomic mass is 16.2. The van der Waals surface area contributed by atoms with Gasteiger partial charge in [0.15, 0.2) is 0 Å². The van der Waals surface area contributed by atoms with Gasteiger partial charge in [0.2, 0.25) is 5.91 Å². The SMILES string of the molecule is CCc1ccc(C(=O)NNC(=O)C2CCN(c3cnccn3)CC2)cc1. The fourth-order valence-electron chi connectivity index (χ4n) is 3.01. The molecule has 136 valence electrons. The van der Waals surface area contributed by atoms with Crippen LogP contribution in [-0.4, -0.2) is 34.9 Å². The fraction of sp³-hybridized carbons (Fsp3) is 0.368. The number of rotatable bonds is 4. The van der Waals surface area contributed by atoms with E-state index < -0.39 is 0 Å². The number of hydrogen-bond donors (Lipinski definition) is 2. The largest absolute Gasteiger partial charge is 0.355 e. The molecule has 7 nitrogen and oxygen atoms in total. The minimum atomic E-state index is -0.307. The molecule has 2 heterocycles. The molecule has 2 aromatic rings. The van der Waals surface area contributed by atoms with Crippen LogP contribution in [0.25, 0.3) is 0 Å². The number of amides is 2.